The molecule has 122 valence electrons. The lowest BCUT2D eigenvalue weighted by atomic mass is 10.0. The molecule has 1 saturated heterocycles. The zero-order chi connectivity index (χ0) is 16.5. The van der Waals surface area contributed by atoms with E-state index in [2.05, 4.69) is 47.2 Å². The predicted octanol–water partition coefficient (Wildman–Crippen LogP) is 4.31. The van der Waals surface area contributed by atoms with Gasteiger partial charge >= 0.3 is 0 Å². The first kappa shape index (κ1) is 15.4. The summed E-state index contributed by atoms with van der Waals surface area (Å²) in [5.74, 6) is 1.05. The van der Waals surface area contributed by atoms with Crippen LogP contribution in [0.15, 0.2) is 54.6 Å². The van der Waals surface area contributed by atoms with Gasteiger partial charge in [-0.15, -0.1) is 0 Å². The minimum Gasteiger partial charge on any atom is -0.354 e. The van der Waals surface area contributed by atoms with Crippen molar-refractivity contribution < 1.29 is 0 Å². The highest BCUT2D eigenvalue weighted by molar-refractivity contribution is 6.31. The van der Waals surface area contributed by atoms with Crippen molar-refractivity contribution in [3.05, 3.63) is 59.6 Å². The summed E-state index contributed by atoms with van der Waals surface area (Å²) in [7, 11) is 2.17. The molecule has 0 N–H and O–H groups in total. The molecule has 0 unspecified atom stereocenters. The molecule has 1 aromatic heterocycles. The van der Waals surface area contributed by atoms with Crippen LogP contribution in [0.2, 0.25) is 5.02 Å². The van der Waals surface area contributed by atoms with E-state index in [4.69, 9.17) is 16.6 Å². The normalized spacial score (nSPS) is 15.8. The minimum atomic E-state index is 0.744. The minimum absolute atomic E-state index is 0.744. The number of pyridine rings is 1. The monoisotopic (exact) mass is 337 g/mol. The van der Waals surface area contributed by atoms with Gasteiger partial charge in [-0.05, 0) is 42.4 Å². The zero-order valence-corrected chi connectivity index (χ0v) is 14.5. The van der Waals surface area contributed by atoms with Crippen molar-refractivity contribution in [3.8, 4) is 11.1 Å². The number of rotatable bonds is 2. The fourth-order valence-corrected chi connectivity index (χ4v) is 3.41. The number of benzene rings is 2. The Morgan fingerprint density at radius 2 is 1.67 bits per heavy atom. The first-order valence-electron chi connectivity index (χ1n) is 8.30. The van der Waals surface area contributed by atoms with E-state index in [-0.39, 0.29) is 0 Å². The molecule has 4 rings (SSSR count). The molecule has 1 aliphatic rings. The lowest BCUT2D eigenvalue weighted by Gasteiger charge is -2.33. The van der Waals surface area contributed by atoms with E-state index in [9.17, 15) is 0 Å². The fraction of sp³-hybridized carbons (Fsp3) is 0.250. The first-order chi connectivity index (χ1) is 11.7. The lowest BCUT2D eigenvalue weighted by molar-refractivity contribution is 0.312. The van der Waals surface area contributed by atoms with Crippen molar-refractivity contribution in [1.29, 1.82) is 0 Å². The number of hydrogen-bond acceptors (Lipinski definition) is 3. The quantitative estimate of drug-likeness (QED) is 0.694. The van der Waals surface area contributed by atoms with Crippen LogP contribution >= 0.6 is 11.6 Å². The molecule has 24 heavy (non-hydrogen) atoms. The Balaban J connectivity index is 1.86. The molecule has 0 radical (unpaired) electrons. The molecule has 0 saturated carbocycles. The third-order valence-corrected chi connectivity index (χ3v) is 4.90. The fourth-order valence-electron chi connectivity index (χ4n) is 3.24. The highest BCUT2D eigenvalue weighted by atomic mass is 35.5. The average Bonchev–Trinajstić information content (AvgIpc) is 2.62. The SMILES string of the molecule is CN1CCN(c2cc(-c3ccccc3)c3cc(Cl)ccc3n2)CC1. The average molecular weight is 338 g/mol. The molecule has 2 aromatic carbocycles. The molecule has 0 bridgehead atoms. The van der Waals surface area contributed by atoms with Crippen molar-refractivity contribution in [3.63, 3.8) is 0 Å². The third-order valence-electron chi connectivity index (χ3n) is 4.67. The number of aromatic nitrogens is 1. The van der Waals surface area contributed by atoms with Crippen LogP contribution in [-0.4, -0.2) is 43.1 Å². The Kier molecular flexibility index (Phi) is 4.13. The molecule has 0 spiro atoms. The predicted molar refractivity (Wildman–Crippen MR) is 102 cm³/mol. The van der Waals surface area contributed by atoms with Crippen molar-refractivity contribution in [2.45, 2.75) is 0 Å². The summed E-state index contributed by atoms with van der Waals surface area (Å²) in [6, 6.07) is 18.6. The molecule has 1 aliphatic heterocycles. The van der Waals surface area contributed by atoms with Crippen LogP contribution in [0.3, 0.4) is 0 Å². The molecule has 3 nitrogen and oxygen atoms in total. The standard InChI is InChI=1S/C20H20ClN3/c1-23-9-11-24(12-10-23)20-14-17(15-5-3-2-4-6-15)18-13-16(21)7-8-19(18)22-20/h2-8,13-14H,9-12H2,1H3. The van der Waals surface area contributed by atoms with Crippen LogP contribution < -0.4 is 4.90 Å². The van der Waals surface area contributed by atoms with Gasteiger partial charge in [-0.25, -0.2) is 4.98 Å². The van der Waals surface area contributed by atoms with Crippen molar-refractivity contribution in [2.75, 3.05) is 38.1 Å². The summed E-state index contributed by atoms with van der Waals surface area (Å²) in [4.78, 5) is 9.63. The molecule has 1 fully saturated rings. The Bertz CT molecular complexity index is 855. The highest BCUT2D eigenvalue weighted by Gasteiger charge is 2.17. The third kappa shape index (κ3) is 2.97. The summed E-state index contributed by atoms with van der Waals surface area (Å²) >= 11 is 6.24. The Morgan fingerprint density at radius 1 is 0.917 bits per heavy atom. The molecule has 0 aliphatic carbocycles. The van der Waals surface area contributed by atoms with Gasteiger partial charge in [0.1, 0.15) is 5.82 Å². The van der Waals surface area contributed by atoms with E-state index in [0.717, 1.165) is 47.9 Å². The largest absolute Gasteiger partial charge is 0.354 e. The van der Waals surface area contributed by atoms with Gasteiger partial charge in [0.25, 0.3) is 0 Å². The maximum absolute atomic E-state index is 6.24. The molecule has 0 amide bonds. The topological polar surface area (TPSA) is 19.4 Å². The second-order valence-electron chi connectivity index (χ2n) is 6.35. The van der Waals surface area contributed by atoms with Gasteiger partial charge in [0, 0.05) is 36.6 Å². The molecule has 2 heterocycles. The van der Waals surface area contributed by atoms with Gasteiger partial charge in [0.05, 0.1) is 5.52 Å². The van der Waals surface area contributed by atoms with Crippen LogP contribution in [0, 0.1) is 0 Å². The van der Waals surface area contributed by atoms with Crippen LogP contribution in [0.25, 0.3) is 22.0 Å². The maximum Gasteiger partial charge on any atom is 0.129 e. The van der Waals surface area contributed by atoms with Gasteiger partial charge < -0.3 is 9.80 Å². The van der Waals surface area contributed by atoms with E-state index in [0.29, 0.717) is 0 Å². The molecular formula is C20H20ClN3. The van der Waals surface area contributed by atoms with Gasteiger partial charge in [-0.3, -0.25) is 0 Å². The number of likely N-dealkylation sites (N-methyl/N-ethyl adjacent to an activating group) is 1. The van der Waals surface area contributed by atoms with Crippen LogP contribution in [0.1, 0.15) is 0 Å². The van der Waals surface area contributed by atoms with Crippen molar-refractivity contribution in [1.82, 2.24) is 9.88 Å². The Hall–Kier alpha value is -2.10. The summed E-state index contributed by atoms with van der Waals surface area (Å²) < 4.78 is 0. The van der Waals surface area contributed by atoms with Gasteiger partial charge in [-0.2, -0.15) is 0 Å². The van der Waals surface area contributed by atoms with E-state index in [1.165, 1.54) is 11.1 Å². The number of hydrogen-bond donors (Lipinski definition) is 0. The first-order valence-corrected chi connectivity index (χ1v) is 8.68. The van der Waals surface area contributed by atoms with Crippen LogP contribution in [0.5, 0.6) is 0 Å². The van der Waals surface area contributed by atoms with Crippen LogP contribution in [-0.2, 0) is 0 Å². The lowest BCUT2D eigenvalue weighted by Crippen LogP contribution is -2.44. The summed E-state index contributed by atoms with van der Waals surface area (Å²) in [6.45, 7) is 4.16. The highest BCUT2D eigenvalue weighted by Crippen LogP contribution is 2.33. The van der Waals surface area contributed by atoms with E-state index in [1.807, 2.05) is 24.3 Å². The summed E-state index contributed by atoms with van der Waals surface area (Å²) in [6.07, 6.45) is 0. The van der Waals surface area contributed by atoms with Crippen molar-refractivity contribution >= 4 is 28.3 Å². The smallest absolute Gasteiger partial charge is 0.129 e. The second-order valence-corrected chi connectivity index (χ2v) is 6.78. The number of halogens is 1. The van der Waals surface area contributed by atoms with Crippen LogP contribution in [0.4, 0.5) is 5.82 Å². The number of nitrogens with zero attached hydrogens (tertiary/aromatic N) is 3. The number of fused-ring (bicyclic) bond motifs is 1. The zero-order valence-electron chi connectivity index (χ0n) is 13.7. The summed E-state index contributed by atoms with van der Waals surface area (Å²) in [5, 5.41) is 1.85. The van der Waals surface area contributed by atoms with Gasteiger partial charge in [0.2, 0.25) is 0 Å². The van der Waals surface area contributed by atoms with Gasteiger partial charge in [0.15, 0.2) is 0 Å². The van der Waals surface area contributed by atoms with E-state index in [1.54, 1.807) is 0 Å². The number of piperazine rings is 1. The molecule has 4 heteroatoms. The molecular weight excluding hydrogens is 318 g/mol. The summed E-state index contributed by atoms with van der Waals surface area (Å²) in [5.41, 5.74) is 3.38. The Labute approximate surface area is 147 Å². The Morgan fingerprint density at radius 3 is 2.42 bits per heavy atom. The van der Waals surface area contributed by atoms with Crippen molar-refractivity contribution in [2.24, 2.45) is 0 Å². The maximum atomic E-state index is 6.24. The van der Waals surface area contributed by atoms with E-state index < -0.39 is 0 Å². The second kappa shape index (κ2) is 6.42. The number of anilines is 1. The molecule has 3 aromatic rings. The van der Waals surface area contributed by atoms with E-state index >= 15 is 0 Å². The molecule has 0 atom stereocenters. The van der Waals surface area contributed by atoms with Gasteiger partial charge in [-0.1, -0.05) is 41.9 Å².